The van der Waals surface area contributed by atoms with E-state index in [0.29, 0.717) is 5.69 Å². The predicted octanol–water partition coefficient (Wildman–Crippen LogP) is 5.02. The van der Waals surface area contributed by atoms with Crippen molar-refractivity contribution in [2.24, 2.45) is 0 Å². The second kappa shape index (κ2) is 10.2. The molecule has 0 aliphatic carbocycles. The average Bonchev–Trinajstić information content (AvgIpc) is 3.12. The van der Waals surface area contributed by atoms with Crippen molar-refractivity contribution in [1.29, 1.82) is 0 Å². The Morgan fingerprint density at radius 1 is 0.861 bits per heavy atom. The largest absolute Gasteiger partial charge is 0.452 e. The zero-order valence-electron chi connectivity index (χ0n) is 20.8. The number of carbonyl (C=O) groups excluding carboxylic acids is 4. The van der Waals surface area contributed by atoms with Gasteiger partial charge in [-0.3, -0.25) is 14.4 Å². The van der Waals surface area contributed by atoms with Gasteiger partial charge in [-0.1, -0.05) is 49.7 Å². The number of para-hydroxylation sites is 1. The van der Waals surface area contributed by atoms with Crippen molar-refractivity contribution in [1.82, 2.24) is 0 Å². The molecule has 0 saturated heterocycles. The lowest BCUT2D eigenvalue weighted by atomic mass is 10.0. The summed E-state index contributed by atoms with van der Waals surface area (Å²) >= 11 is 0. The zero-order chi connectivity index (χ0) is 26.0. The highest BCUT2D eigenvalue weighted by Crippen LogP contribution is 2.31. The Bertz CT molecular complexity index is 1370. The van der Waals surface area contributed by atoms with E-state index in [-0.39, 0.29) is 16.7 Å². The van der Waals surface area contributed by atoms with E-state index in [9.17, 15) is 19.2 Å². The van der Waals surface area contributed by atoms with Gasteiger partial charge in [0.15, 0.2) is 6.61 Å². The zero-order valence-corrected chi connectivity index (χ0v) is 20.8. The van der Waals surface area contributed by atoms with E-state index in [1.807, 2.05) is 58.0 Å². The fourth-order valence-corrected chi connectivity index (χ4v) is 4.44. The van der Waals surface area contributed by atoms with E-state index in [2.05, 4.69) is 5.32 Å². The first-order valence-electron chi connectivity index (χ1n) is 11.9. The first-order chi connectivity index (χ1) is 17.2. The topological polar surface area (TPSA) is 92.8 Å². The molecule has 36 heavy (non-hydrogen) atoms. The Morgan fingerprint density at radius 3 is 2.17 bits per heavy atom. The fraction of sp³-hybridized carbons (Fsp3) is 0.241. The molecule has 7 heteroatoms. The minimum atomic E-state index is -0.752. The average molecular weight is 485 g/mol. The van der Waals surface area contributed by atoms with Crippen LogP contribution in [0.1, 0.15) is 67.2 Å². The molecule has 0 aromatic heterocycles. The molecule has 184 valence electrons. The number of nitrogens with zero attached hydrogens (tertiary/aromatic N) is 1. The summed E-state index contributed by atoms with van der Waals surface area (Å²) in [5.74, 6) is -2.15. The number of rotatable bonds is 7. The van der Waals surface area contributed by atoms with Crippen molar-refractivity contribution in [3.8, 4) is 0 Å². The highest BCUT2D eigenvalue weighted by molar-refractivity contribution is 6.35. The van der Waals surface area contributed by atoms with Crippen LogP contribution in [0.2, 0.25) is 0 Å². The molecule has 1 heterocycles. The van der Waals surface area contributed by atoms with Crippen molar-refractivity contribution in [3.63, 3.8) is 0 Å². The molecule has 1 N–H and O–H groups in total. The molecular formula is C29H28N2O5. The van der Waals surface area contributed by atoms with Crippen LogP contribution in [0.15, 0.2) is 54.6 Å². The molecule has 1 aliphatic rings. The SMILES string of the molecule is CCc1cccc(CC)c1NC(=O)COC(=O)c1ccc2c(c1)C(=O)N(c1ccc(C)cc1C)C2=O. The summed E-state index contributed by atoms with van der Waals surface area (Å²) < 4.78 is 5.21. The number of ether oxygens (including phenoxy) is 1. The van der Waals surface area contributed by atoms with E-state index in [4.69, 9.17) is 4.74 Å². The second-order valence-corrected chi connectivity index (χ2v) is 8.78. The van der Waals surface area contributed by atoms with E-state index in [1.165, 1.54) is 18.2 Å². The Kier molecular flexibility index (Phi) is 7.01. The van der Waals surface area contributed by atoms with Gasteiger partial charge in [-0.2, -0.15) is 0 Å². The van der Waals surface area contributed by atoms with Crippen molar-refractivity contribution >= 4 is 35.1 Å². The Labute approximate surface area is 210 Å². The van der Waals surface area contributed by atoms with Gasteiger partial charge in [0.1, 0.15) is 0 Å². The van der Waals surface area contributed by atoms with Gasteiger partial charge in [0, 0.05) is 5.69 Å². The molecule has 0 fully saturated rings. The minimum absolute atomic E-state index is 0.0911. The van der Waals surface area contributed by atoms with Gasteiger partial charge in [0.25, 0.3) is 17.7 Å². The van der Waals surface area contributed by atoms with E-state index in [1.54, 1.807) is 6.07 Å². The van der Waals surface area contributed by atoms with Gasteiger partial charge in [-0.25, -0.2) is 9.69 Å². The molecule has 0 spiro atoms. The summed E-state index contributed by atoms with van der Waals surface area (Å²) in [5.41, 5.74) is 5.52. The molecule has 3 aromatic carbocycles. The molecule has 0 atom stereocenters. The number of aryl methyl sites for hydroxylation is 4. The Hall–Kier alpha value is -4.26. The van der Waals surface area contributed by atoms with E-state index >= 15 is 0 Å². The smallest absolute Gasteiger partial charge is 0.338 e. The van der Waals surface area contributed by atoms with Crippen molar-refractivity contribution in [2.45, 2.75) is 40.5 Å². The normalized spacial score (nSPS) is 12.5. The van der Waals surface area contributed by atoms with Crippen LogP contribution in [0.5, 0.6) is 0 Å². The summed E-state index contributed by atoms with van der Waals surface area (Å²) in [6, 6.07) is 15.5. The van der Waals surface area contributed by atoms with Crippen molar-refractivity contribution in [2.75, 3.05) is 16.8 Å². The number of hydrogen-bond acceptors (Lipinski definition) is 5. The van der Waals surface area contributed by atoms with E-state index < -0.39 is 30.3 Å². The summed E-state index contributed by atoms with van der Waals surface area (Å²) in [6.45, 7) is 7.31. The monoisotopic (exact) mass is 484 g/mol. The fourth-order valence-electron chi connectivity index (χ4n) is 4.44. The quantitative estimate of drug-likeness (QED) is 0.375. The van der Waals surface area contributed by atoms with Crippen LogP contribution >= 0.6 is 0 Å². The number of anilines is 2. The van der Waals surface area contributed by atoms with Crippen molar-refractivity contribution < 1.29 is 23.9 Å². The summed E-state index contributed by atoms with van der Waals surface area (Å²) in [5, 5.41) is 2.85. The molecular weight excluding hydrogens is 456 g/mol. The highest BCUT2D eigenvalue weighted by Gasteiger charge is 2.38. The third-order valence-electron chi connectivity index (χ3n) is 6.31. The molecule has 0 radical (unpaired) electrons. The summed E-state index contributed by atoms with van der Waals surface area (Å²) in [6.07, 6.45) is 1.51. The van der Waals surface area contributed by atoms with Gasteiger partial charge in [-0.05, 0) is 67.6 Å². The molecule has 0 unspecified atom stereocenters. The van der Waals surface area contributed by atoms with Gasteiger partial charge in [-0.15, -0.1) is 0 Å². The number of benzene rings is 3. The third-order valence-corrected chi connectivity index (χ3v) is 6.31. The Balaban J connectivity index is 1.47. The predicted molar refractivity (Wildman–Crippen MR) is 138 cm³/mol. The minimum Gasteiger partial charge on any atom is -0.452 e. The van der Waals surface area contributed by atoms with Crippen molar-refractivity contribution in [3.05, 3.63) is 93.5 Å². The highest BCUT2D eigenvalue weighted by atomic mass is 16.5. The van der Waals surface area contributed by atoms with Gasteiger partial charge >= 0.3 is 5.97 Å². The first-order valence-corrected chi connectivity index (χ1v) is 11.9. The number of imide groups is 1. The van der Waals surface area contributed by atoms with Crippen LogP contribution in [0.3, 0.4) is 0 Å². The number of hydrogen-bond donors (Lipinski definition) is 1. The van der Waals surface area contributed by atoms with Crippen LogP contribution in [-0.2, 0) is 22.4 Å². The lowest BCUT2D eigenvalue weighted by Gasteiger charge is -2.16. The van der Waals surface area contributed by atoms with Crippen LogP contribution in [-0.4, -0.2) is 30.3 Å². The standard InChI is InChI=1S/C29H28N2O5/c1-5-19-8-7-9-20(6-2)26(19)30-25(32)16-36-29(35)21-11-12-22-23(15-21)28(34)31(27(22)33)24-13-10-17(3)14-18(24)4/h7-15H,5-6,16H2,1-4H3,(H,30,32). The van der Waals surface area contributed by atoms with Crippen LogP contribution < -0.4 is 10.2 Å². The molecule has 4 rings (SSSR count). The number of nitrogens with one attached hydrogen (secondary N) is 1. The molecule has 0 bridgehead atoms. The number of fused-ring (bicyclic) bond motifs is 1. The summed E-state index contributed by atoms with van der Waals surface area (Å²) in [7, 11) is 0. The van der Waals surface area contributed by atoms with Crippen LogP contribution in [0, 0.1) is 13.8 Å². The maximum atomic E-state index is 13.1. The number of carbonyl (C=O) groups is 4. The van der Waals surface area contributed by atoms with Gasteiger partial charge in [0.2, 0.25) is 0 Å². The molecule has 3 amide bonds. The van der Waals surface area contributed by atoms with Gasteiger partial charge < -0.3 is 10.1 Å². The summed E-state index contributed by atoms with van der Waals surface area (Å²) in [4.78, 5) is 52.4. The van der Waals surface area contributed by atoms with E-state index in [0.717, 1.165) is 45.7 Å². The molecule has 1 aliphatic heterocycles. The molecule has 3 aromatic rings. The number of esters is 1. The first kappa shape index (κ1) is 24.9. The molecule has 7 nitrogen and oxygen atoms in total. The lowest BCUT2D eigenvalue weighted by molar-refractivity contribution is -0.119. The number of amides is 3. The second-order valence-electron chi connectivity index (χ2n) is 8.78. The Morgan fingerprint density at radius 2 is 1.53 bits per heavy atom. The van der Waals surface area contributed by atoms with Crippen LogP contribution in [0.25, 0.3) is 0 Å². The maximum Gasteiger partial charge on any atom is 0.338 e. The molecule has 0 saturated carbocycles. The maximum absolute atomic E-state index is 13.1. The third kappa shape index (κ3) is 4.64. The lowest BCUT2D eigenvalue weighted by Crippen LogP contribution is -2.30. The van der Waals surface area contributed by atoms with Gasteiger partial charge in [0.05, 0.1) is 22.4 Å². The van der Waals surface area contributed by atoms with Crippen LogP contribution in [0.4, 0.5) is 11.4 Å².